The first kappa shape index (κ1) is 42.4. The Balaban J connectivity index is 0.00000364. The van der Waals surface area contributed by atoms with Crippen LogP contribution in [0.5, 0.6) is 5.75 Å². The van der Waals surface area contributed by atoms with Crippen LogP contribution < -0.4 is 48.3 Å². The van der Waals surface area contributed by atoms with E-state index in [2.05, 4.69) is 104 Å². The molecule has 0 heterocycles. The Bertz CT molecular complexity index is 1830. The van der Waals surface area contributed by atoms with Crippen LogP contribution in [0.25, 0.3) is 0 Å². The minimum absolute atomic E-state index is 0. The van der Waals surface area contributed by atoms with Gasteiger partial charge in [0.05, 0.1) is 13.7 Å². The minimum Gasteiger partial charge on any atom is -1.00 e. The summed E-state index contributed by atoms with van der Waals surface area (Å²) in [7, 11) is 1.20. The summed E-state index contributed by atoms with van der Waals surface area (Å²) in [6.07, 6.45) is 0.534. The van der Waals surface area contributed by atoms with E-state index in [1.807, 2.05) is 72.8 Å². The first-order valence-corrected chi connectivity index (χ1v) is 18.7. The van der Waals surface area contributed by atoms with Crippen molar-refractivity contribution in [2.24, 2.45) is 20.4 Å². The van der Waals surface area contributed by atoms with Crippen molar-refractivity contribution in [3.05, 3.63) is 157 Å². The fourth-order valence-electron chi connectivity index (χ4n) is 5.25. The van der Waals surface area contributed by atoms with Crippen LogP contribution in [0.15, 0.2) is 166 Å². The van der Waals surface area contributed by atoms with Gasteiger partial charge < -0.3 is 62.3 Å². The second-order valence-corrected chi connectivity index (χ2v) is 15.0. The Labute approximate surface area is 338 Å². The monoisotopic (exact) mass is 859 g/mol. The van der Waals surface area contributed by atoms with Crippen LogP contribution in [0.2, 0.25) is 0 Å². The molecule has 52 heavy (non-hydrogen) atoms. The van der Waals surface area contributed by atoms with Gasteiger partial charge in [-0.15, -0.1) is 10.2 Å². The number of benzene rings is 5. The van der Waals surface area contributed by atoms with Gasteiger partial charge in [0.2, 0.25) is 0 Å². The van der Waals surface area contributed by atoms with E-state index in [1.54, 1.807) is 14.2 Å². The van der Waals surface area contributed by atoms with Gasteiger partial charge in [-0.1, -0.05) is 84.9 Å². The summed E-state index contributed by atoms with van der Waals surface area (Å²) in [6.45, 7) is 0.861. The zero-order chi connectivity index (χ0) is 35.0. The van der Waals surface area contributed by atoms with Crippen molar-refractivity contribution in [2.75, 3.05) is 33.7 Å². The zero-order valence-corrected chi connectivity index (χ0v) is 33.6. The Morgan fingerprint density at radius 1 is 0.596 bits per heavy atom. The topological polar surface area (TPSA) is 92.0 Å². The molecule has 0 saturated carbocycles. The Hall–Kier alpha value is -3.99. The molecule has 0 unspecified atom stereocenters. The molecule has 0 aromatic heterocycles. The van der Waals surface area contributed by atoms with Crippen LogP contribution in [0.3, 0.4) is 0 Å². The molecule has 5 aromatic rings. The Morgan fingerprint density at radius 2 is 1.02 bits per heavy atom. The SMILES string of the molecule is CNC([S-])=NN=C(C(=NN=C([S-])NCCOC[P+](c1ccccc1)(c1ccccc1)c1ccccc1)c1ccccc1)c1ccc(OC)cc1.[Br-].[Cu+2]. The predicted octanol–water partition coefficient (Wildman–Crippen LogP) is 2.39. The fraction of sp³-hybridized carbons (Fsp3) is 0.128. The number of nitrogens with zero attached hydrogens (tertiary/aromatic N) is 4. The van der Waals surface area contributed by atoms with Crippen LogP contribution >= 0.6 is 7.26 Å². The molecular formula is C39H38BrCuN6O2PS2. The van der Waals surface area contributed by atoms with Gasteiger partial charge in [-0.2, -0.15) is 10.2 Å². The van der Waals surface area contributed by atoms with Crippen LogP contribution in [-0.2, 0) is 47.1 Å². The Kier molecular flexibility index (Phi) is 18.1. The number of amidine groups is 2. The molecule has 5 aromatic carbocycles. The van der Waals surface area contributed by atoms with E-state index in [-0.39, 0.29) is 44.4 Å². The molecule has 0 fully saturated rings. The van der Waals surface area contributed by atoms with Crippen LogP contribution in [0.1, 0.15) is 11.1 Å². The molecule has 271 valence electrons. The first-order chi connectivity index (χ1) is 24.5. The molecule has 5 rings (SSSR count). The molecule has 8 nitrogen and oxygen atoms in total. The second kappa shape index (κ2) is 22.2. The summed E-state index contributed by atoms with van der Waals surface area (Å²) in [5, 5.41) is 27.9. The predicted molar refractivity (Wildman–Crippen MR) is 215 cm³/mol. The van der Waals surface area contributed by atoms with Crippen molar-refractivity contribution in [2.45, 2.75) is 0 Å². The Morgan fingerprint density at radius 3 is 1.46 bits per heavy atom. The van der Waals surface area contributed by atoms with Gasteiger partial charge in [0.25, 0.3) is 0 Å². The molecule has 2 N–H and O–H groups in total. The fourth-order valence-corrected chi connectivity index (χ4v) is 9.23. The standard InChI is InChI=1S/C39H39N6O2PS2.BrH.Cu/c1-40-38(49)44-42-37(31-23-25-32(46-2)26-24-31)36(30-15-7-3-8-16-30)43-45-39(50)41-27-28-47-29-48(33-17-9-4-10-18-33,34-19-11-5-12-20-34)35-21-13-6-14-22-35;;/h3-26H,27-29H2,1-2H3,(H3-,40,41,42,43,44,45,49,50);1H;/q;;+2/p-2. The molecule has 1 radical (unpaired) electrons. The van der Waals surface area contributed by atoms with E-state index >= 15 is 0 Å². The number of ether oxygens (including phenoxy) is 2. The largest absolute Gasteiger partial charge is 2.00 e. The van der Waals surface area contributed by atoms with E-state index in [1.165, 1.54) is 15.9 Å². The number of hydrogen-bond donors (Lipinski definition) is 2. The van der Waals surface area contributed by atoms with E-state index in [9.17, 15) is 0 Å². The smallest absolute Gasteiger partial charge is 1.00 e. The second-order valence-electron chi connectivity index (χ2n) is 10.8. The average Bonchev–Trinajstić information content (AvgIpc) is 3.19. The average molecular weight is 861 g/mol. The van der Waals surface area contributed by atoms with Crippen LogP contribution in [0, 0.1) is 0 Å². The quantitative estimate of drug-likeness (QED) is 0.0340. The third-order valence-electron chi connectivity index (χ3n) is 7.73. The van der Waals surface area contributed by atoms with Gasteiger partial charge in [0.15, 0.2) is 6.35 Å². The van der Waals surface area contributed by atoms with Gasteiger partial charge in [0.1, 0.15) is 40.3 Å². The normalized spacial score (nSPS) is 12.3. The number of rotatable bonds is 14. The van der Waals surface area contributed by atoms with Gasteiger partial charge in [-0.25, -0.2) is 0 Å². The minimum atomic E-state index is -2.11. The number of methoxy groups -OCH3 is 1. The molecule has 0 amide bonds. The van der Waals surface area contributed by atoms with Crippen molar-refractivity contribution in [1.82, 2.24) is 10.6 Å². The van der Waals surface area contributed by atoms with Crippen molar-refractivity contribution < 1.29 is 43.5 Å². The van der Waals surface area contributed by atoms with Crippen LogP contribution in [0.4, 0.5) is 0 Å². The van der Waals surface area contributed by atoms with E-state index in [0.29, 0.717) is 36.7 Å². The molecule has 0 atom stereocenters. The van der Waals surface area contributed by atoms with Crippen molar-refractivity contribution in [3.63, 3.8) is 0 Å². The number of nitrogens with one attached hydrogen (secondary N) is 2. The van der Waals surface area contributed by atoms with Crippen molar-refractivity contribution >= 4 is 70.2 Å². The maximum atomic E-state index is 6.48. The number of halogens is 1. The van der Waals surface area contributed by atoms with Crippen molar-refractivity contribution in [1.29, 1.82) is 0 Å². The molecule has 0 aliphatic rings. The summed E-state index contributed by atoms with van der Waals surface area (Å²) in [6, 6.07) is 49.0. The molecule has 13 heteroatoms. The van der Waals surface area contributed by atoms with Gasteiger partial charge >= 0.3 is 17.1 Å². The van der Waals surface area contributed by atoms with Crippen LogP contribution in [-0.4, -0.2) is 55.4 Å². The summed E-state index contributed by atoms with van der Waals surface area (Å²) >= 11 is 10.8. The van der Waals surface area contributed by atoms with Crippen molar-refractivity contribution in [3.8, 4) is 5.75 Å². The summed E-state index contributed by atoms with van der Waals surface area (Å²) < 4.78 is 11.8. The molecular weight excluding hydrogens is 823 g/mol. The maximum Gasteiger partial charge on any atom is 2.00 e. The molecule has 0 bridgehead atoms. The molecule has 0 aliphatic carbocycles. The maximum absolute atomic E-state index is 6.48. The van der Waals surface area contributed by atoms with Gasteiger partial charge in [-0.3, -0.25) is 0 Å². The van der Waals surface area contributed by atoms with E-state index in [0.717, 1.165) is 11.1 Å². The number of hydrogen-bond acceptors (Lipinski definition) is 8. The zero-order valence-electron chi connectivity index (χ0n) is 28.5. The summed E-state index contributed by atoms with van der Waals surface area (Å²) in [4.78, 5) is 0. The molecule has 0 spiro atoms. The van der Waals surface area contributed by atoms with Gasteiger partial charge in [-0.05, 0) is 71.0 Å². The first-order valence-electron chi connectivity index (χ1n) is 15.9. The van der Waals surface area contributed by atoms with E-state index < -0.39 is 7.26 Å². The third kappa shape index (κ3) is 11.3. The molecule has 0 aliphatic heterocycles. The summed E-state index contributed by atoms with van der Waals surface area (Å²) in [5.41, 5.74) is 2.47. The van der Waals surface area contributed by atoms with E-state index in [4.69, 9.17) is 34.7 Å². The summed E-state index contributed by atoms with van der Waals surface area (Å²) in [5.74, 6) is 0.710. The third-order valence-corrected chi connectivity index (χ3v) is 12.3. The van der Waals surface area contributed by atoms with Gasteiger partial charge in [0, 0.05) is 24.7 Å². The molecule has 0 saturated heterocycles.